The van der Waals surface area contributed by atoms with E-state index in [9.17, 15) is 0 Å². The highest BCUT2D eigenvalue weighted by molar-refractivity contribution is 5.20. The Kier molecular flexibility index (Phi) is 3.90. The number of hydrogen-bond acceptors (Lipinski definition) is 5. The average Bonchev–Trinajstić information content (AvgIpc) is 2.79. The fourth-order valence-corrected chi connectivity index (χ4v) is 2.31. The smallest absolute Gasteiger partial charge is 0.315 e. The minimum absolute atomic E-state index is 0.0957. The highest BCUT2D eigenvalue weighted by Crippen LogP contribution is 2.35. The maximum Gasteiger partial charge on any atom is 0.315 e. The van der Waals surface area contributed by atoms with Crippen LogP contribution in [0, 0.1) is 5.41 Å². The van der Waals surface area contributed by atoms with Crippen molar-refractivity contribution in [2.45, 2.75) is 58.5 Å². The predicted octanol–water partition coefficient (Wildman–Crippen LogP) is 2.73. The van der Waals surface area contributed by atoms with Crippen molar-refractivity contribution in [3.05, 3.63) is 5.89 Å². The van der Waals surface area contributed by atoms with E-state index in [1.165, 1.54) is 25.7 Å². The van der Waals surface area contributed by atoms with Gasteiger partial charge in [0.25, 0.3) is 0 Å². The van der Waals surface area contributed by atoms with Gasteiger partial charge in [-0.2, -0.15) is 0 Å². The molecule has 0 amide bonds. The minimum Gasteiger partial charge on any atom is -0.406 e. The molecule has 1 saturated carbocycles. The molecule has 102 valence electrons. The highest BCUT2D eigenvalue weighted by Gasteiger charge is 2.27. The molecule has 0 aromatic carbocycles. The lowest BCUT2D eigenvalue weighted by atomic mass is 9.76. The van der Waals surface area contributed by atoms with E-state index in [0.717, 1.165) is 0 Å². The Morgan fingerprint density at radius 2 is 1.94 bits per heavy atom. The van der Waals surface area contributed by atoms with Crippen LogP contribution in [0.5, 0.6) is 0 Å². The zero-order valence-electron chi connectivity index (χ0n) is 11.8. The van der Waals surface area contributed by atoms with Crippen LogP contribution in [0.3, 0.4) is 0 Å². The number of aromatic nitrogens is 2. The van der Waals surface area contributed by atoms with Crippen molar-refractivity contribution >= 4 is 6.01 Å². The molecule has 1 aliphatic rings. The van der Waals surface area contributed by atoms with Gasteiger partial charge in [0.1, 0.15) is 0 Å². The van der Waals surface area contributed by atoms with E-state index in [0.29, 0.717) is 23.4 Å². The maximum absolute atomic E-state index is 5.60. The van der Waals surface area contributed by atoms with Gasteiger partial charge in [-0.3, -0.25) is 0 Å². The molecule has 0 spiro atoms. The second-order valence-corrected chi connectivity index (χ2v) is 6.04. The van der Waals surface area contributed by atoms with Crippen LogP contribution in [0.4, 0.5) is 6.01 Å². The van der Waals surface area contributed by atoms with Crippen molar-refractivity contribution in [1.82, 2.24) is 15.5 Å². The summed E-state index contributed by atoms with van der Waals surface area (Å²) in [5.74, 6) is 0.635. The van der Waals surface area contributed by atoms with E-state index in [4.69, 9.17) is 4.42 Å². The standard InChI is InChI=1S/C13H24N4O/c1-9(14-4)11-16-17-12(18-11)15-10-5-7-13(2,3)8-6-10/h9-10,14H,5-8H2,1-4H3,(H,15,17). The van der Waals surface area contributed by atoms with Gasteiger partial charge in [-0.1, -0.05) is 18.9 Å². The topological polar surface area (TPSA) is 63.0 Å². The molecule has 1 aromatic rings. The molecule has 18 heavy (non-hydrogen) atoms. The van der Waals surface area contributed by atoms with E-state index < -0.39 is 0 Å². The molecule has 1 fully saturated rings. The van der Waals surface area contributed by atoms with E-state index in [2.05, 4.69) is 34.7 Å². The molecule has 0 bridgehead atoms. The molecule has 1 aliphatic carbocycles. The van der Waals surface area contributed by atoms with Crippen LogP contribution >= 0.6 is 0 Å². The van der Waals surface area contributed by atoms with Gasteiger partial charge in [0.05, 0.1) is 6.04 Å². The van der Waals surface area contributed by atoms with Crippen molar-refractivity contribution in [2.75, 3.05) is 12.4 Å². The third-order valence-electron chi connectivity index (χ3n) is 3.91. The van der Waals surface area contributed by atoms with Gasteiger partial charge in [-0.25, -0.2) is 0 Å². The number of nitrogens with one attached hydrogen (secondary N) is 2. The maximum atomic E-state index is 5.60. The van der Waals surface area contributed by atoms with E-state index in [-0.39, 0.29) is 6.04 Å². The highest BCUT2D eigenvalue weighted by atomic mass is 16.4. The number of hydrogen-bond donors (Lipinski definition) is 2. The van der Waals surface area contributed by atoms with Gasteiger partial charge < -0.3 is 15.1 Å². The normalized spacial score (nSPS) is 21.8. The Bertz CT molecular complexity index is 378. The molecule has 1 atom stereocenters. The first-order chi connectivity index (χ1) is 8.50. The van der Waals surface area contributed by atoms with Gasteiger partial charge in [-0.15, -0.1) is 5.10 Å². The molecule has 0 aliphatic heterocycles. The summed E-state index contributed by atoms with van der Waals surface area (Å²) in [7, 11) is 1.88. The molecule has 2 N–H and O–H groups in total. The lowest BCUT2D eigenvalue weighted by Crippen LogP contribution is -2.29. The summed E-state index contributed by atoms with van der Waals surface area (Å²) in [4.78, 5) is 0. The van der Waals surface area contributed by atoms with Gasteiger partial charge >= 0.3 is 6.01 Å². The van der Waals surface area contributed by atoms with E-state index >= 15 is 0 Å². The molecule has 0 saturated heterocycles. The van der Waals surface area contributed by atoms with Gasteiger partial charge in [0, 0.05) is 6.04 Å². The summed E-state index contributed by atoms with van der Waals surface area (Å²) in [6.45, 7) is 6.67. The summed E-state index contributed by atoms with van der Waals surface area (Å²) in [5, 5.41) is 14.5. The second kappa shape index (κ2) is 5.26. The largest absolute Gasteiger partial charge is 0.406 e. The monoisotopic (exact) mass is 252 g/mol. The molecule has 0 radical (unpaired) electrons. The van der Waals surface area contributed by atoms with E-state index in [1.807, 2.05) is 14.0 Å². The quantitative estimate of drug-likeness (QED) is 0.862. The Balaban J connectivity index is 1.89. The zero-order chi connectivity index (χ0) is 13.2. The summed E-state index contributed by atoms with van der Waals surface area (Å²) in [6.07, 6.45) is 4.84. The molecule has 5 heteroatoms. The summed E-state index contributed by atoms with van der Waals surface area (Å²) in [6, 6.07) is 1.12. The fourth-order valence-electron chi connectivity index (χ4n) is 2.31. The molecule has 2 rings (SSSR count). The van der Waals surface area contributed by atoms with Crippen molar-refractivity contribution in [1.29, 1.82) is 0 Å². The molecule has 5 nitrogen and oxygen atoms in total. The first-order valence-corrected chi connectivity index (χ1v) is 6.77. The molecule has 1 unspecified atom stereocenters. The summed E-state index contributed by atoms with van der Waals surface area (Å²) in [5.41, 5.74) is 0.485. The van der Waals surface area contributed by atoms with Gasteiger partial charge in [0.15, 0.2) is 0 Å². The van der Waals surface area contributed by atoms with Crippen LogP contribution in [-0.4, -0.2) is 23.3 Å². The third-order valence-corrected chi connectivity index (χ3v) is 3.91. The van der Waals surface area contributed by atoms with Crippen LogP contribution in [0.2, 0.25) is 0 Å². The average molecular weight is 252 g/mol. The first kappa shape index (κ1) is 13.3. The third kappa shape index (κ3) is 3.22. The van der Waals surface area contributed by atoms with Crippen LogP contribution in [-0.2, 0) is 0 Å². The summed E-state index contributed by atoms with van der Waals surface area (Å²) >= 11 is 0. The Morgan fingerprint density at radius 1 is 1.28 bits per heavy atom. The Morgan fingerprint density at radius 3 is 2.56 bits per heavy atom. The van der Waals surface area contributed by atoms with Crippen molar-refractivity contribution in [3.63, 3.8) is 0 Å². The Labute approximate surface area is 109 Å². The SMILES string of the molecule is CNC(C)c1nnc(NC2CCC(C)(C)CC2)o1. The van der Waals surface area contributed by atoms with Crippen molar-refractivity contribution in [3.8, 4) is 0 Å². The Hall–Kier alpha value is -1.10. The van der Waals surface area contributed by atoms with Crippen LogP contribution in [0.1, 0.15) is 58.4 Å². The number of rotatable bonds is 4. The van der Waals surface area contributed by atoms with Crippen LogP contribution < -0.4 is 10.6 Å². The number of nitrogens with zero attached hydrogens (tertiary/aromatic N) is 2. The van der Waals surface area contributed by atoms with Gasteiger partial charge in [-0.05, 0) is 45.1 Å². The molecule has 1 heterocycles. The molecular weight excluding hydrogens is 228 g/mol. The van der Waals surface area contributed by atoms with Crippen LogP contribution in [0.15, 0.2) is 4.42 Å². The second-order valence-electron chi connectivity index (χ2n) is 6.04. The van der Waals surface area contributed by atoms with E-state index in [1.54, 1.807) is 0 Å². The first-order valence-electron chi connectivity index (χ1n) is 6.77. The van der Waals surface area contributed by atoms with Crippen molar-refractivity contribution < 1.29 is 4.42 Å². The van der Waals surface area contributed by atoms with Crippen LogP contribution in [0.25, 0.3) is 0 Å². The summed E-state index contributed by atoms with van der Waals surface area (Å²) < 4.78 is 5.60. The number of anilines is 1. The lowest BCUT2D eigenvalue weighted by Gasteiger charge is -2.34. The zero-order valence-corrected chi connectivity index (χ0v) is 11.8. The lowest BCUT2D eigenvalue weighted by molar-refractivity contribution is 0.231. The molecule has 1 aromatic heterocycles. The fraction of sp³-hybridized carbons (Fsp3) is 0.846. The molecular formula is C13H24N4O. The van der Waals surface area contributed by atoms with Gasteiger partial charge in [0.2, 0.25) is 5.89 Å². The van der Waals surface area contributed by atoms with Crippen molar-refractivity contribution in [2.24, 2.45) is 5.41 Å². The minimum atomic E-state index is 0.0957. The predicted molar refractivity (Wildman–Crippen MR) is 71.4 cm³/mol.